The standard InChI is InChI=1S/C18H28N2O2/c1-3-11-18(2,22)17(21)19-14-15-9-5-6-10-16(15)20-12-7-4-8-13-20/h5-6,9-10,22H,3-4,7-8,11-14H2,1-2H3,(H,19,21). The van der Waals surface area contributed by atoms with E-state index in [0.717, 1.165) is 25.1 Å². The van der Waals surface area contributed by atoms with E-state index in [-0.39, 0.29) is 5.91 Å². The zero-order valence-electron chi connectivity index (χ0n) is 13.8. The highest BCUT2D eigenvalue weighted by Gasteiger charge is 2.28. The molecule has 0 bridgehead atoms. The zero-order chi connectivity index (χ0) is 16.0. The highest BCUT2D eigenvalue weighted by atomic mass is 16.3. The van der Waals surface area contributed by atoms with Crippen LogP contribution in [0.15, 0.2) is 24.3 Å². The molecule has 2 N–H and O–H groups in total. The maximum absolute atomic E-state index is 12.1. The van der Waals surface area contributed by atoms with Crippen molar-refractivity contribution in [3.63, 3.8) is 0 Å². The average molecular weight is 304 g/mol. The third kappa shape index (κ3) is 4.23. The van der Waals surface area contributed by atoms with Crippen molar-refractivity contribution in [2.75, 3.05) is 18.0 Å². The Morgan fingerprint density at radius 1 is 1.27 bits per heavy atom. The van der Waals surface area contributed by atoms with Gasteiger partial charge in [-0.05, 0) is 44.2 Å². The number of piperidine rings is 1. The number of benzene rings is 1. The minimum atomic E-state index is -1.28. The maximum Gasteiger partial charge on any atom is 0.251 e. The predicted octanol–water partition coefficient (Wildman–Crippen LogP) is 2.84. The number of nitrogens with zero attached hydrogens (tertiary/aromatic N) is 1. The fourth-order valence-electron chi connectivity index (χ4n) is 3.07. The van der Waals surface area contributed by atoms with E-state index >= 15 is 0 Å². The van der Waals surface area contributed by atoms with E-state index in [1.54, 1.807) is 6.92 Å². The van der Waals surface area contributed by atoms with Gasteiger partial charge in [-0.2, -0.15) is 0 Å². The summed E-state index contributed by atoms with van der Waals surface area (Å²) in [5, 5.41) is 13.0. The molecule has 1 atom stereocenters. The summed E-state index contributed by atoms with van der Waals surface area (Å²) in [6, 6.07) is 8.22. The quantitative estimate of drug-likeness (QED) is 0.849. The van der Waals surface area contributed by atoms with E-state index in [9.17, 15) is 9.90 Å². The Bertz CT molecular complexity index is 494. The van der Waals surface area contributed by atoms with E-state index in [2.05, 4.69) is 22.3 Å². The van der Waals surface area contributed by atoms with Crippen LogP contribution in [0.5, 0.6) is 0 Å². The number of nitrogens with one attached hydrogen (secondary N) is 1. The van der Waals surface area contributed by atoms with Gasteiger partial charge >= 0.3 is 0 Å². The minimum absolute atomic E-state index is 0.289. The largest absolute Gasteiger partial charge is 0.380 e. The van der Waals surface area contributed by atoms with E-state index < -0.39 is 5.60 Å². The van der Waals surface area contributed by atoms with Crippen molar-refractivity contribution in [3.05, 3.63) is 29.8 Å². The molecule has 0 saturated carbocycles. The second kappa shape index (κ2) is 7.63. The Balaban J connectivity index is 2.02. The second-order valence-corrected chi connectivity index (χ2v) is 6.38. The first-order valence-electron chi connectivity index (χ1n) is 8.38. The van der Waals surface area contributed by atoms with Crippen molar-refractivity contribution in [2.45, 2.75) is 58.1 Å². The van der Waals surface area contributed by atoms with Crippen LogP contribution < -0.4 is 10.2 Å². The van der Waals surface area contributed by atoms with Gasteiger partial charge in [-0.3, -0.25) is 4.79 Å². The summed E-state index contributed by atoms with van der Waals surface area (Å²) in [4.78, 5) is 14.5. The summed E-state index contributed by atoms with van der Waals surface area (Å²) in [6.45, 7) is 6.18. The monoisotopic (exact) mass is 304 g/mol. The molecule has 122 valence electrons. The van der Waals surface area contributed by atoms with Crippen molar-refractivity contribution in [2.24, 2.45) is 0 Å². The first kappa shape index (κ1) is 16.8. The first-order valence-corrected chi connectivity index (χ1v) is 8.38. The lowest BCUT2D eigenvalue weighted by Crippen LogP contribution is -2.44. The molecule has 1 aliphatic heterocycles. The molecule has 0 radical (unpaired) electrons. The predicted molar refractivity (Wildman–Crippen MR) is 89.9 cm³/mol. The third-order valence-electron chi connectivity index (χ3n) is 4.35. The summed E-state index contributed by atoms with van der Waals surface area (Å²) in [5.74, 6) is -0.289. The smallest absolute Gasteiger partial charge is 0.251 e. The number of para-hydroxylation sites is 1. The Labute approximate surface area is 133 Å². The van der Waals surface area contributed by atoms with Crippen LogP contribution >= 0.6 is 0 Å². The number of carbonyl (C=O) groups excluding carboxylic acids is 1. The van der Waals surface area contributed by atoms with Crippen LogP contribution in [0.2, 0.25) is 0 Å². The van der Waals surface area contributed by atoms with E-state index in [4.69, 9.17) is 0 Å². The third-order valence-corrected chi connectivity index (χ3v) is 4.35. The van der Waals surface area contributed by atoms with Crippen LogP contribution in [-0.2, 0) is 11.3 Å². The molecular weight excluding hydrogens is 276 g/mol. The number of hydrogen-bond donors (Lipinski definition) is 2. The number of amides is 1. The molecule has 0 aromatic heterocycles. The molecule has 1 saturated heterocycles. The van der Waals surface area contributed by atoms with Gasteiger partial charge < -0.3 is 15.3 Å². The number of hydrogen-bond acceptors (Lipinski definition) is 3. The highest BCUT2D eigenvalue weighted by Crippen LogP contribution is 2.24. The number of carbonyl (C=O) groups is 1. The molecule has 1 aromatic rings. The van der Waals surface area contributed by atoms with Crippen LogP contribution in [0.3, 0.4) is 0 Å². The van der Waals surface area contributed by atoms with Gasteiger partial charge in [0.05, 0.1) is 0 Å². The van der Waals surface area contributed by atoms with Crippen molar-refractivity contribution < 1.29 is 9.90 Å². The average Bonchev–Trinajstić information content (AvgIpc) is 2.53. The van der Waals surface area contributed by atoms with Crippen molar-refractivity contribution in [1.82, 2.24) is 5.32 Å². The topological polar surface area (TPSA) is 52.6 Å². The van der Waals surface area contributed by atoms with E-state index in [0.29, 0.717) is 13.0 Å². The number of anilines is 1. The molecule has 4 nitrogen and oxygen atoms in total. The van der Waals surface area contributed by atoms with Gasteiger partial charge in [-0.25, -0.2) is 0 Å². The maximum atomic E-state index is 12.1. The second-order valence-electron chi connectivity index (χ2n) is 6.38. The summed E-state index contributed by atoms with van der Waals surface area (Å²) >= 11 is 0. The van der Waals surface area contributed by atoms with Crippen LogP contribution in [0.4, 0.5) is 5.69 Å². The SMILES string of the molecule is CCCC(C)(O)C(=O)NCc1ccccc1N1CCCCC1. The molecule has 1 aromatic carbocycles. The van der Waals surface area contributed by atoms with Gasteiger partial charge in [0.25, 0.3) is 5.91 Å². The molecule has 1 amide bonds. The zero-order valence-corrected chi connectivity index (χ0v) is 13.8. The molecule has 2 rings (SSSR count). The molecule has 1 fully saturated rings. The van der Waals surface area contributed by atoms with Gasteiger partial charge in [-0.1, -0.05) is 31.5 Å². The first-order chi connectivity index (χ1) is 10.5. The fraction of sp³-hybridized carbons (Fsp3) is 0.611. The van der Waals surface area contributed by atoms with Crippen LogP contribution in [-0.4, -0.2) is 29.7 Å². The molecule has 4 heteroatoms. The van der Waals surface area contributed by atoms with Gasteiger partial charge in [-0.15, -0.1) is 0 Å². The molecule has 0 aliphatic carbocycles. The number of rotatable bonds is 6. The molecule has 1 unspecified atom stereocenters. The van der Waals surface area contributed by atoms with Gasteiger partial charge in [0, 0.05) is 25.3 Å². The normalized spacial score (nSPS) is 17.9. The van der Waals surface area contributed by atoms with E-state index in [1.165, 1.54) is 24.9 Å². The lowest BCUT2D eigenvalue weighted by Gasteiger charge is -2.31. The fourth-order valence-corrected chi connectivity index (χ4v) is 3.07. The summed E-state index contributed by atoms with van der Waals surface area (Å²) in [6.07, 6.45) is 5.02. The van der Waals surface area contributed by atoms with Crippen LogP contribution in [0.25, 0.3) is 0 Å². The van der Waals surface area contributed by atoms with Crippen LogP contribution in [0, 0.1) is 0 Å². The Morgan fingerprint density at radius 3 is 2.64 bits per heavy atom. The van der Waals surface area contributed by atoms with Crippen molar-refractivity contribution in [1.29, 1.82) is 0 Å². The van der Waals surface area contributed by atoms with Gasteiger partial charge in [0.1, 0.15) is 5.60 Å². The Kier molecular flexibility index (Phi) is 5.83. The Hall–Kier alpha value is -1.55. The Morgan fingerprint density at radius 2 is 1.95 bits per heavy atom. The lowest BCUT2D eigenvalue weighted by molar-refractivity contribution is -0.138. The lowest BCUT2D eigenvalue weighted by atomic mass is 9.99. The van der Waals surface area contributed by atoms with Crippen molar-refractivity contribution >= 4 is 11.6 Å². The molecule has 22 heavy (non-hydrogen) atoms. The molecular formula is C18H28N2O2. The molecule has 0 spiro atoms. The van der Waals surface area contributed by atoms with Crippen molar-refractivity contribution in [3.8, 4) is 0 Å². The minimum Gasteiger partial charge on any atom is -0.380 e. The van der Waals surface area contributed by atoms with E-state index in [1.807, 2.05) is 19.1 Å². The van der Waals surface area contributed by atoms with Crippen LogP contribution in [0.1, 0.15) is 51.5 Å². The van der Waals surface area contributed by atoms with Gasteiger partial charge in [0.2, 0.25) is 0 Å². The highest BCUT2D eigenvalue weighted by molar-refractivity contribution is 5.84. The van der Waals surface area contributed by atoms with Gasteiger partial charge in [0.15, 0.2) is 0 Å². The summed E-state index contributed by atoms with van der Waals surface area (Å²) in [7, 11) is 0. The number of aliphatic hydroxyl groups is 1. The summed E-state index contributed by atoms with van der Waals surface area (Å²) in [5.41, 5.74) is 1.04. The summed E-state index contributed by atoms with van der Waals surface area (Å²) < 4.78 is 0. The molecule has 1 heterocycles. The molecule has 1 aliphatic rings.